The fourth-order valence-electron chi connectivity index (χ4n) is 3.28. The van der Waals surface area contributed by atoms with Crippen LogP contribution in [0.5, 0.6) is 11.5 Å². The minimum atomic E-state index is -0.744. The van der Waals surface area contributed by atoms with Gasteiger partial charge in [-0.25, -0.2) is 0 Å². The van der Waals surface area contributed by atoms with Gasteiger partial charge in [-0.15, -0.1) is 11.8 Å². The maximum Gasteiger partial charge on any atom is 0.306 e. The first-order valence-electron chi connectivity index (χ1n) is 10.2. The summed E-state index contributed by atoms with van der Waals surface area (Å²) in [5.74, 6) is -0.537. The van der Waals surface area contributed by atoms with Crippen LogP contribution in [0.15, 0.2) is 68.7 Å². The lowest BCUT2D eigenvalue weighted by atomic mass is 9.92. The summed E-state index contributed by atoms with van der Waals surface area (Å²) < 4.78 is 10.7. The molecule has 0 spiro atoms. The maximum absolute atomic E-state index is 12.5. The van der Waals surface area contributed by atoms with E-state index in [1.807, 2.05) is 12.1 Å². The number of hydrogen-bond donors (Lipinski definition) is 2. The number of rotatable bonds is 8. The van der Waals surface area contributed by atoms with Crippen LogP contribution in [0.1, 0.15) is 54.8 Å². The summed E-state index contributed by atoms with van der Waals surface area (Å²) in [5.41, 5.74) is 1.26. The van der Waals surface area contributed by atoms with E-state index >= 15 is 0 Å². The molecular weight excluding hydrogens is 428 g/mol. The van der Waals surface area contributed by atoms with E-state index in [9.17, 15) is 19.8 Å². The number of phenolic OH excluding ortho intramolecular Hbond substituents is 1. The highest BCUT2D eigenvalue weighted by Gasteiger charge is 2.26. The third kappa shape index (κ3) is 5.73. The van der Waals surface area contributed by atoms with Crippen LogP contribution >= 0.6 is 11.8 Å². The molecule has 168 valence electrons. The molecular formula is C25H26O6S. The highest BCUT2D eigenvalue weighted by Crippen LogP contribution is 2.35. The number of aromatic hydroxyl groups is 2. The molecule has 0 aliphatic carbocycles. The Morgan fingerprint density at radius 2 is 1.66 bits per heavy atom. The minimum Gasteiger partial charge on any atom is -0.508 e. The van der Waals surface area contributed by atoms with Crippen LogP contribution in [-0.4, -0.2) is 23.3 Å². The van der Waals surface area contributed by atoms with Crippen molar-refractivity contribution in [3.05, 3.63) is 87.5 Å². The molecule has 32 heavy (non-hydrogen) atoms. The Balaban J connectivity index is 1.91. The molecule has 1 aromatic heterocycles. The SMILES string of the molecule is COC(=O)C[C@H](c1ccc(O)cc1)c1oc(CSc2ccc(C(C)C)cc2)cc(=O)c1O. The molecule has 0 amide bonds. The molecule has 0 bridgehead atoms. The summed E-state index contributed by atoms with van der Waals surface area (Å²) in [7, 11) is 1.27. The van der Waals surface area contributed by atoms with Crippen LogP contribution in [0.2, 0.25) is 0 Å². The summed E-state index contributed by atoms with van der Waals surface area (Å²) in [6.45, 7) is 4.27. The summed E-state index contributed by atoms with van der Waals surface area (Å²) in [6.07, 6.45) is -0.134. The zero-order chi connectivity index (χ0) is 23.3. The van der Waals surface area contributed by atoms with Gasteiger partial charge in [0.2, 0.25) is 11.2 Å². The van der Waals surface area contributed by atoms with E-state index in [4.69, 9.17) is 9.15 Å². The lowest BCUT2D eigenvalue weighted by Gasteiger charge is -2.17. The van der Waals surface area contributed by atoms with Gasteiger partial charge in [-0.05, 0) is 41.3 Å². The molecule has 0 aliphatic heterocycles. The molecule has 2 aromatic carbocycles. The van der Waals surface area contributed by atoms with Gasteiger partial charge >= 0.3 is 5.97 Å². The fraction of sp³-hybridized carbons (Fsp3) is 0.280. The minimum absolute atomic E-state index is 0.000606. The lowest BCUT2D eigenvalue weighted by molar-refractivity contribution is -0.140. The van der Waals surface area contributed by atoms with Crippen molar-refractivity contribution in [2.45, 2.75) is 42.8 Å². The molecule has 1 atom stereocenters. The molecule has 0 saturated carbocycles. The number of thioether (sulfide) groups is 1. The number of carbonyl (C=O) groups excluding carboxylic acids is 1. The Morgan fingerprint density at radius 3 is 2.25 bits per heavy atom. The fourth-order valence-corrected chi connectivity index (χ4v) is 4.06. The summed E-state index contributed by atoms with van der Waals surface area (Å²) in [6, 6.07) is 15.6. The van der Waals surface area contributed by atoms with E-state index in [-0.39, 0.29) is 17.9 Å². The third-order valence-electron chi connectivity index (χ3n) is 5.14. The number of esters is 1. The predicted octanol–water partition coefficient (Wildman–Crippen LogP) is 5.16. The molecule has 1 heterocycles. The maximum atomic E-state index is 12.5. The van der Waals surface area contributed by atoms with Gasteiger partial charge in [0, 0.05) is 11.0 Å². The molecule has 0 saturated heterocycles. The van der Waals surface area contributed by atoms with E-state index < -0.39 is 23.1 Å². The first-order chi connectivity index (χ1) is 15.3. The van der Waals surface area contributed by atoms with E-state index in [2.05, 4.69) is 26.0 Å². The van der Waals surface area contributed by atoms with Crippen molar-refractivity contribution in [1.82, 2.24) is 0 Å². The number of methoxy groups -OCH3 is 1. The Hall–Kier alpha value is -3.19. The second-order valence-corrected chi connectivity index (χ2v) is 8.78. The van der Waals surface area contributed by atoms with E-state index in [1.165, 1.54) is 42.6 Å². The number of carbonyl (C=O) groups is 1. The van der Waals surface area contributed by atoms with Crippen LogP contribution in [0.25, 0.3) is 0 Å². The number of benzene rings is 2. The largest absolute Gasteiger partial charge is 0.508 e. The molecule has 2 N–H and O–H groups in total. The topological polar surface area (TPSA) is 97.0 Å². The molecule has 0 radical (unpaired) electrons. The van der Waals surface area contributed by atoms with E-state index in [1.54, 1.807) is 12.1 Å². The van der Waals surface area contributed by atoms with Gasteiger partial charge in [0.25, 0.3) is 0 Å². The van der Waals surface area contributed by atoms with Crippen molar-refractivity contribution in [1.29, 1.82) is 0 Å². The molecule has 0 fully saturated rings. The van der Waals surface area contributed by atoms with Gasteiger partial charge in [0.1, 0.15) is 11.5 Å². The third-order valence-corrected chi connectivity index (χ3v) is 6.17. The monoisotopic (exact) mass is 454 g/mol. The van der Waals surface area contributed by atoms with Crippen LogP contribution in [-0.2, 0) is 15.3 Å². The van der Waals surface area contributed by atoms with Gasteiger partial charge in [0.05, 0.1) is 25.2 Å². The molecule has 7 heteroatoms. The van der Waals surface area contributed by atoms with Crippen molar-refractivity contribution in [2.75, 3.05) is 7.11 Å². The molecule has 0 unspecified atom stereocenters. The van der Waals surface area contributed by atoms with Crippen LogP contribution < -0.4 is 5.43 Å². The van der Waals surface area contributed by atoms with E-state index in [0.29, 0.717) is 23.0 Å². The normalized spacial score (nSPS) is 12.0. The van der Waals surface area contributed by atoms with Crippen LogP contribution in [0.3, 0.4) is 0 Å². The van der Waals surface area contributed by atoms with Crippen molar-refractivity contribution in [2.24, 2.45) is 0 Å². The molecule has 6 nitrogen and oxygen atoms in total. The zero-order valence-electron chi connectivity index (χ0n) is 18.2. The highest BCUT2D eigenvalue weighted by atomic mass is 32.2. The number of ether oxygens (including phenoxy) is 1. The first-order valence-corrected chi connectivity index (χ1v) is 11.2. The van der Waals surface area contributed by atoms with Crippen molar-refractivity contribution >= 4 is 17.7 Å². The van der Waals surface area contributed by atoms with Crippen LogP contribution in [0.4, 0.5) is 0 Å². The second-order valence-electron chi connectivity index (χ2n) is 7.73. The van der Waals surface area contributed by atoms with Gasteiger partial charge in [0.15, 0.2) is 5.76 Å². The van der Waals surface area contributed by atoms with Gasteiger partial charge < -0.3 is 19.4 Å². The van der Waals surface area contributed by atoms with Gasteiger partial charge in [-0.1, -0.05) is 38.1 Å². The smallest absolute Gasteiger partial charge is 0.306 e. The summed E-state index contributed by atoms with van der Waals surface area (Å²) >= 11 is 1.51. The Bertz CT molecular complexity index is 1120. The second kappa shape index (κ2) is 10.4. The highest BCUT2D eigenvalue weighted by molar-refractivity contribution is 7.98. The average molecular weight is 455 g/mol. The Morgan fingerprint density at radius 1 is 1.03 bits per heavy atom. The van der Waals surface area contributed by atoms with Crippen molar-refractivity contribution < 1.29 is 24.2 Å². The van der Waals surface area contributed by atoms with Gasteiger partial charge in [-0.2, -0.15) is 0 Å². The summed E-state index contributed by atoms with van der Waals surface area (Å²) in [4.78, 5) is 25.5. The molecule has 0 aliphatic rings. The zero-order valence-corrected chi connectivity index (χ0v) is 19.0. The lowest BCUT2D eigenvalue weighted by Crippen LogP contribution is -2.14. The van der Waals surface area contributed by atoms with Gasteiger partial charge in [-0.3, -0.25) is 9.59 Å². The van der Waals surface area contributed by atoms with Crippen LogP contribution in [0, 0.1) is 0 Å². The van der Waals surface area contributed by atoms with Crippen molar-refractivity contribution in [3.63, 3.8) is 0 Å². The quantitative estimate of drug-likeness (QED) is 0.358. The predicted molar refractivity (Wildman–Crippen MR) is 123 cm³/mol. The summed E-state index contributed by atoms with van der Waals surface area (Å²) in [5, 5.41) is 20.0. The van der Waals surface area contributed by atoms with E-state index in [0.717, 1.165) is 4.90 Å². The first kappa shape index (κ1) is 23.5. The number of phenols is 1. The standard InChI is InChI=1S/C25H26O6S/c1-15(2)16-6-10-20(11-7-16)32-14-19-12-22(27)24(29)25(31-19)21(13-23(28)30-3)17-4-8-18(26)9-5-17/h4-12,15,21,26,29H,13-14H2,1-3H3/t21-/m1/s1. The molecule has 3 rings (SSSR count). The number of hydrogen-bond acceptors (Lipinski definition) is 7. The Kier molecular flexibility index (Phi) is 7.64. The average Bonchev–Trinajstić information content (AvgIpc) is 2.79. The van der Waals surface area contributed by atoms with Crippen molar-refractivity contribution in [3.8, 4) is 11.5 Å². The molecule has 3 aromatic rings. The Labute approximate surface area is 190 Å².